The standard InChI is InChI=1S/C19H13F5N2O2/c1-2-28-18(27)14-9-25-17-13(7-11(20)8-15(17)21)16(14)26-12-5-3-4-10(6-12)19(22,23)24/h3-9H,2H2,1H3,(H,25,26). The number of halogens is 5. The highest BCUT2D eigenvalue weighted by atomic mass is 19.4. The van der Waals surface area contributed by atoms with Gasteiger partial charge in [0.1, 0.15) is 16.9 Å². The zero-order chi connectivity index (χ0) is 20.5. The van der Waals surface area contributed by atoms with Gasteiger partial charge in [-0.05, 0) is 31.2 Å². The van der Waals surface area contributed by atoms with Crippen LogP contribution in [0.15, 0.2) is 42.6 Å². The molecule has 0 bridgehead atoms. The predicted octanol–water partition coefficient (Wildman–Crippen LogP) is 5.45. The van der Waals surface area contributed by atoms with Crippen LogP contribution in [0, 0.1) is 11.6 Å². The number of esters is 1. The summed E-state index contributed by atoms with van der Waals surface area (Å²) in [7, 11) is 0. The molecule has 1 aromatic heterocycles. The van der Waals surface area contributed by atoms with Crippen LogP contribution in [-0.2, 0) is 10.9 Å². The topological polar surface area (TPSA) is 51.2 Å². The van der Waals surface area contributed by atoms with E-state index < -0.39 is 29.3 Å². The van der Waals surface area contributed by atoms with Gasteiger partial charge in [-0.1, -0.05) is 6.07 Å². The van der Waals surface area contributed by atoms with E-state index in [-0.39, 0.29) is 34.4 Å². The number of carbonyl (C=O) groups is 1. The molecule has 0 radical (unpaired) electrons. The van der Waals surface area contributed by atoms with Crippen molar-refractivity contribution in [3.63, 3.8) is 0 Å². The number of pyridine rings is 1. The summed E-state index contributed by atoms with van der Waals surface area (Å²) < 4.78 is 71.6. The van der Waals surface area contributed by atoms with E-state index in [4.69, 9.17) is 4.74 Å². The highest BCUT2D eigenvalue weighted by molar-refractivity contribution is 6.06. The number of aromatic nitrogens is 1. The number of fused-ring (bicyclic) bond motifs is 1. The number of hydrogen-bond acceptors (Lipinski definition) is 4. The summed E-state index contributed by atoms with van der Waals surface area (Å²) in [6.45, 7) is 1.59. The molecule has 0 aliphatic carbocycles. The maximum atomic E-state index is 14.1. The number of carbonyl (C=O) groups excluding carboxylic acids is 1. The van der Waals surface area contributed by atoms with E-state index in [2.05, 4.69) is 10.3 Å². The fraction of sp³-hybridized carbons (Fsp3) is 0.158. The van der Waals surface area contributed by atoms with Gasteiger partial charge in [0.2, 0.25) is 0 Å². The molecule has 1 N–H and O–H groups in total. The van der Waals surface area contributed by atoms with E-state index in [0.29, 0.717) is 6.07 Å². The largest absolute Gasteiger partial charge is 0.462 e. The zero-order valence-corrected chi connectivity index (χ0v) is 14.4. The fourth-order valence-electron chi connectivity index (χ4n) is 2.64. The number of nitrogens with zero attached hydrogens (tertiary/aromatic N) is 1. The van der Waals surface area contributed by atoms with Crippen LogP contribution in [-0.4, -0.2) is 17.6 Å². The SMILES string of the molecule is CCOC(=O)c1cnc2c(F)cc(F)cc2c1Nc1cccc(C(F)(F)F)c1. The van der Waals surface area contributed by atoms with Crippen LogP contribution in [0.5, 0.6) is 0 Å². The van der Waals surface area contributed by atoms with Crippen LogP contribution in [0.25, 0.3) is 10.9 Å². The molecule has 0 aliphatic rings. The third-order valence-electron chi connectivity index (χ3n) is 3.84. The Morgan fingerprint density at radius 3 is 2.61 bits per heavy atom. The van der Waals surface area contributed by atoms with Gasteiger partial charge < -0.3 is 10.1 Å². The van der Waals surface area contributed by atoms with Crippen LogP contribution < -0.4 is 5.32 Å². The van der Waals surface area contributed by atoms with Crippen molar-refractivity contribution >= 4 is 28.2 Å². The Hall–Kier alpha value is -3.23. The van der Waals surface area contributed by atoms with E-state index in [0.717, 1.165) is 24.4 Å². The summed E-state index contributed by atoms with van der Waals surface area (Å²) in [5.74, 6) is -2.74. The number of hydrogen-bond donors (Lipinski definition) is 1. The third-order valence-corrected chi connectivity index (χ3v) is 3.84. The molecule has 3 rings (SSSR count). The summed E-state index contributed by atoms with van der Waals surface area (Å²) >= 11 is 0. The fourth-order valence-corrected chi connectivity index (χ4v) is 2.64. The smallest absolute Gasteiger partial charge is 0.416 e. The lowest BCUT2D eigenvalue weighted by Gasteiger charge is -2.15. The monoisotopic (exact) mass is 396 g/mol. The van der Waals surface area contributed by atoms with Crippen molar-refractivity contribution in [1.29, 1.82) is 0 Å². The van der Waals surface area contributed by atoms with Gasteiger partial charge in [-0.15, -0.1) is 0 Å². The Labute approximate surface area is 156 Å². The van der Waals surface area contributed by atoms with Gasteiger partial charge in [0.15, 0.2) is 5.82 Å². The molecule has 28 heavy (non-hydrogen) atoms. The number of nitrogens with one attached hydrogen (secondary N) is 1. The second-order valence-electron chi connectivity index (χ2n) is 5.75. The van der Waals surface area contributed by atoms with Crippen LogP contribution >= 0.6 is 0 Å². The molecular formula is C19H13F5N2O2. The van der Waals surface area contributed by atoms with Crippen molar-refractivity contribution in [3.05, 3.63) is 65.4 Å². The van der Waals surface area contributed by atoms with Gasteiger partial charge in [0, 0.05) is 23.3 Å². The molecule has 0 unspecified atom stereocenters. The molecule has 1 heterocycles. The molecule has 0 aliphatic heterocycles. The highest BCUT2D eigenvalue weighted by Crippen LogP contribution is 2.34. The molecule has 3 aromatic rings. The van der Waals surface area contributed by atoms with E-state index in [1.807, 2.05) is 0 Å². The average molecular weight is 396 g/mol. The minimum absolute atomic E-state index is 0.0252. The summed E-state index contributed by atoms with van der Waals surface area (Å²) in [4.78, 5) is 16.0. The lowest BCUT2D eigenvalue weighted by atomic mass is 10.1. The Balaban J connectivity index is 2.19. The normalized spacial score (nSPS) is 11.5. The van der Waals surface area contributed by atoms with Gasteiger partial charge in [-0.25, -0.2) is 13.6 Å². The van der Waals surface area contributed by atoms with Gasteiger partial charge >= 0.3 is 12.1 Å². The summed E-state index contributed by atoms with van der Waals surface area (Å²) in [5, 5.41) is 2.54. The highest BCUT2D eigenvalue weighted by Gasteiger charge is 2.30. The minimum atomic E-state index is -4.58. The first-order chi connectivity index (χ1) is 13.2. The van der Waals surface area contributed by atoms with Gasteiger partial charge in [0.05, 0.1) is 17.9 Å². The Morgan fingerprint density at radius 1 is 1.18 bits per heavy atom. The van der Waals surface area contributed by atoms with Crippen LogP contribution in [0.3, 0.4) is 0 Å². The van der Waals surface area contributed by atoms with Crippen LogP contribution in [0.4, 0.5) is 33.3 Å². The van der Waals surface area contributed by atoms with E-state index in [9.17, 15) is 26.7 Å². The molecule has 0 saturated heterocycles. The number of anilines is 2. The third kappa shape index (κ3) is 3.88. The molecule has 2 aromatic carbocycles. The molecule has 9 heteroatoms. The predicted molar refractivity (Wildman–Crippen MR) is 92.3 cm³/mol. The summed E-state index contributed by atoms with van der Waals surface area (Å²) in [6.07, 6.45) is -3.56. The minimum Gasteiger partial charge on any atom is -0.462 e. The number of rotatable bonds is 4. The Morgan fingerprint density at radius 2 is 1.93 bits per heavy atom. The first-order valence-electron chi connectivity index (χ1n) is 8.10. The van der Waals surface area contributed by atoms with E-state index in [1.165, 1.54) is 12.1 Å². The van der Waals surface area contributed by atoms with Gasteiger partial charge in [-0.3, -0.25) is 4.98 Å². The maximum absolute atomic E-state index is 14.1. The average Bonchev–Trinajstić information content (AvgIpc) is 2.62. The van der Waals surface area contributed by atoms with Crippen molar-refractivity contribution in [2.24, 2.45) is 0 Å². The van der Waals surface area contributed by atoms with Gasteiger partial charge in [0.25, 0.3) is 0 Å². The summed E-state index contributed by atoms with van der Waals surface area (Å²) in [6, 6.07) is 5.74. The number of alkyl halides is 3. The van der Waals surface area contributed by atoms with Crippen LogP contribution in [0.2, 0.25) is 0 Å². The van der Waals surface area contributed by atoms with Crippen molar-refractivity contribution < 1.29 is 31.5 Å². The maximum Gasteiger partial charge on any atom is 0.416 e. The molecule has 0 atom stereocenters. The Kier molecular flexibility index (Phi) is 5.17. The lowest BCUT2D eigenvalue weighted by Crippen LogP contribution is -2.10. The van der Waals surface area contributed by atoms with E-state index in [1.54, 1.807) is 6.92 Å². The van der Waals surface area contributed by atoms with Crippen molar-refractivity contribution in [1.82, 2.24) is 4.98 Å². The van der Waals surface area contributed by atoms with Gasteiger partial charge in [-0.2, -0.15) is 13.2 Å². The quantitative estimate of drug-likeness (QED) is 0.471. The molecule has 0 amide bonds. The zero-order valence-electron chi connectivity index (χ0n) is 14.4. The van der Waals surface area contributed by atoms with Crippen molar-refractivity contribution in [2.75, 3.05) is 11.9 Å². The molecule has 0 fully saturated rings. The van der Waals surface area contributed by atoms with Crippen molar-refractivity contribution in [2.45, 2.75) is 13.1 Å². The number of benzene rings is 2. The van der Waals surface area contributed by atoms with E-state index >= 15 is 0 Å². The van der Waals surface area contributed by atoms with Crippen LogP contribution in [0.1, 0.15) is 22.8 Å². The molecule has 4 nitrogen and oxygen atoms in total. The first-order valence-corrected chi connectivity index (χ1v) is 8.10. The number of ether oxygens (including phenoxy) is 1. The molecule has 0 spiro atoms. The second-order valence-corrected chi connectivity index (χ2v) is 5.75. The summed E-state index contributed by atoms with van der Waals surface area (Å²) in [5.41, 5.74) is -1.48. The lowest BCUT2D eigenvalue weighted by molar-refractivity contribution is -0.137. The molecular weight excluding hydrogens is 383 g/mol. The Bertz CT molecular complexity index is 1050. The second kappa shape index (κ2) is 7.41. The van der Waals surface area contributed by atoms with Crippen molar-refractivity contribution in [3.8, 4) is 0 Å². The molecule has 146 valence electrons. The molecule has 0 saturated carbocycles. The first kappa shape index (κ1) is 19.5.